The molecule has 0 aliphatic carbocycles. The fourth-order valence-electron chi connectivity index (χ4n) is 1.55. The van der Waals surface area contributed by atoms with E-state index in [0.717, 1.165) is 6.42 Å². The summed E-state index contributed by atoms with van der Waals surface area (Å²) in [4.78, 5) is 0. The van der Waals surface area contributed by atoms with E-state index in [1.54, 1.807) is 0 Å². The normalized spacial score (nSPS) is 14.2. The van der Waals surface area contributed by atoms with Crippen molar-refractivity contribution in [3.8, 4) is 0 Å². The lowest BCUT2D eigenvalue weighted by Crippen LogP contribution is -2.45. The van der Waals surface area contributed by atoms with Gasteiger partial charge in [0.1, 0.15) is 0 Å². The lowest BCUT2D eigenvalue weighted by molar-refractivity contribution is 0.0787. The largest absolute Gasteiger partial charge is 0.316 e. The summed E-state index contributed by atoms with van der Waals surface area (Å²) >= 11 is 4.51. The van der Waals surface area contributed by atoms with Crippen LogP contribution in [0.1, 0.15) is 65.7 Å². The minimum Gasteiger partial charge on any atom is -0.316 e. The highest BCUT2D eigenvalue weighted by molar-refractivity contribution is 7.81. The summed E-state index contributed by atoms with van der Waals surface area (Å²) in [6.07, 6.45) is 8.92. The zero-order valence-electron chi connectivity index (χ0n) is 10.4. The molecule has 0 aromatic heterocycles. The summed E-state index contributed by atoms with van der Waals surface area (Å²) in [5.74, 6) is 0. The van der Waals surface area contributed by atoms with Gasteiger partial charge in [0.05, 0.1) is 0 Å². The van der Waals surface area contributed by atoms with Crippen LogP contribution in [-0.4, -0.2) is 16.0 Å². The second-order valence-electron chi connectivity index (χ2n) is 4.91. The van der Waals surface area contributed by atoms with Gasteiger partial charge in [-0.1, -0.05) is 45.4 Å². The van der Waals surface area contributed by atoms with E-state index in [4.69, 9.17) is 5.21 Å². The van der Waals surface area contributed by atoms with Gasteiger partial charge in [-0.25, -0.2) is 0 Å². The minimum absolute atomic E-state index is 0.216. The fraction of sp³-hybridized carbons (Fsp3) is 1.00. The predicted molar refractivity (Wildman–Crippen MR) is 69.8 cm³/mol. The van der Waals surface area contributed by atoms with E-state index in [1.807, 2.05) is 13.8 Å². The van der Waals surface area contributed by atoms with E-state index in [0.29, 0.717) is 0 Å². The molecule has 0 aliphatic rings. The molecule has 0 spiro atoms. The van der Waals surface area contributed by atoms with Crippen molar-refractivity contribution in [2.45, 2.75) is 76.5 Å². The van der Waals surface area contributed by atoms with E-state index < -0.39 is 0 Å². The average molecular weight is 233 g/mol. The third kappa shape index (κ3) is 7.20. The van der Waals surface area contributed by atoms with Gasteiger partial charge in [-0.15, -0.1) is 0 Å². The molecule has 0 aliphatic heterocycles. The van der Waals surface area contributed by atoms with Crippen LogP contribution in [0.2, 0.25) is 0 Å². The van der Waals surface area contributed by atoms with Crippen LogP contribution in [0.3, 0.4) is 0 Å². The maximum Gasteiger partial charge on any atom is 0.0489 e. The van der Waals surface area contributed by atoms with Crippen LogP contribution in [0.4, 0.5) is 0 Å². The van der Waals surface area contributed by atoms with E-state index >= 15 is 0 Å². The van der Waals surface area contributed by atoms with Crippen molar-refractivity contribution in [3.05, 3.63) is 0 Å². The lowest BCUT2D eigenvalue weighted by Gasteiger charge is -2.29. The van der Waals surface area contributed by atoms with E-state index in [1.165, 1.54) is 38.5 Å². The van der Waals surface area contributed by atoms with Crippen LogP contribution in [0.5, 0.6) is 0 Å². The van der Waals surface area contributed by atoms with Gasteiger partial charge in [-0.3, -0.25) is 0 Å². The highest BCUT2D eigenvalue weighted by Gasteiger charge is 2.24. The van der Waals surface area contributed by atoms with Crippen molar-refractivity contribution >= 4 is 12.6 Å². The Bertz CT molecular complexity index is 151. The maximum absolute atomic E-state index is 8.94. The van der Waals surface area contributed by atoms with Gasteiger partial charge in [-0.2, -0.15) is 18.1 Å². The number of hydrogen-bond donors (Lipinski definition) is 3. The molecule has 0 amide bonds. The topological polar surface area (TPSA) is 32.3 Å². The molecular formula is C12H27NOS. The van der Waals surface area contributed by atoms with E-state index in [2.05, 4.69) is 25.0 Å². The summed E-state index contributed by atoms with van der Waals surface area (Å²) in [5.41, 5.74) is 2.04. The first-order chi connectivity index (χ1) is 7.04. The minimum atomic E-state index is -0.285. The van der Waals surface area contributed by atoms with Gasteiger partial charge in [0.25, 0.3) is 0 Å². The van der Waals surface area contributed by atoms with E-state index in [9.17, 15) is 0 Å². The third-order valence-electron chi connectivity index (χ3n) is 2.95. The Labute approximate surface area is 100 Å². The highest BCUT2D eigenvalue weighted by atomic mass is 32.1. The lowest BCUT2D eigenvalue weighted by atomic mass is 9.96. The Kier molecular flexibility index (Phi) is 8.58. The summed E-state index contributed by atoms with van der Waals surface area (Å²) < 4.78 is 0. The summed E-state index contributed by atoms with van der Waals surface area (Å²) in [7, 11) is 0. The first kappa shape index (κ1) is 15.3. The van der Waals surface area contributed by atoms with Crippen LogP contribution in [0, 0.1) is 0 Å². The number of rotatable bonds is 9. The van der Waals surface area contributed by atoms with Crippen LogP contribution >= 0.6 is 12.6 Å². The number of unbranched alkanes of at least 4 members (excludes halogenated alkanes) is 5. The van der Waals surface area contributed by atoms with Crippen molar-refractivity contribution in [3.63, 3.8) is 0 Å². The SMILES string of the molecule is CCCCCCCCC(S)C(C)(C)NO. The van der Waals surface area contributed by atoms with Crippen LogP contribution < -0.4 is 5.48 Å². The standard InChI is InChI=1S/C12H27NOS/c1-4-5-6-7-8-9-10-11(15)12(2,3)13-14/h11,13-15H,4-10H2,1-3H3. The second-order valence-corrected chi connectivity index (χ2v) is 5.53. The molecule has 0 bridgehead atoms. The molecule has 0 fully saturated rings. The molecule has 0 heterocycles. The molecule has 0 saturated heterocycles. The predicted octanol–water partition coefficient (Wildman–Crippen LogP) is 3.79. The zero-order valence-corrected chi connectivity index (χ0v) is 11.3. The molecule has 1 atom stereocenters. The van der Waals surface area contributed by atoms with Gasteiger partial charge < -0.3 is 5.21 Å². The number of hydrogen-bond acceptors (Lipinski definition) is 3. The Morgan fingerprint density at radius 2 is 1.67 bits per heavy atom. The second kappa shape index (κ2) is 8.43. The van der Waals surface area contributed by atoms with Gasteiger partial charge in [0, 0.05) is 10.8 Å². The average Bonchev–Trinajstić information content (AvgIpc) is 2.22. The van der Waals surface area contributed by atoms with Crippen molar-refractivity contribution in [1.82, 2.24) is 5.48 Å². The molecule has 0 aromatic rings. The Balaban J connectivity index is 3.43. The first-order valence-electron chi connectivity index (χ1n) is 6.14. The highest BCUT2D eigenvalue weighted by Crippen LogP contribution is 2.21. The summed E-state index contributed by atoms with van der Waals surface area (Å²) in [5, 5.41) is 9.15. The Morgan fingerprint density at radius 3 is 2.20 bits per heavy atom. The monoisotopic (exact) mass is 233 g/mol. The molecule has 0 rings (SSSR count). The first-order valence-corrected chi connectivity index (χ1v) is 6.65. The van der Waals surface area contributed by atoms with Gasteiger partial charge >= 0.3 is 0 Å². The van der Waals surface area contributed by atoms with Gasteiger partial charge in [0.15, 0.2) is 0 Å². The Morgan fingerprint density at radius 1 is 1.13 bits per heavy atom. The molecule has 0 radical (unpaired) electrons. The van der Waals surface area contributed by atoms with Crippen molar-refractivity contribution in [2.24, 2.45) is 0 Å². The molecule has 2 N–H and O–H groups in total. The fourth-order valence-corrected chi connectivity index (χ4v) is 1.79. The molecule has 92 valence electrons. The number of thiol groups is 1. The molecule has 0 saturated carbocycles. The molecule has 15 heavy (non-hydrogen) atoms. The molecule has 1 unspecified atom stereocenters. The van der Waals surface area contributed by atoms with Crippen LogP contribution in [0.25, 0.3) is 0 Å². The van der Waals surface area contributed by atoms with Crippen molar-refractivity contribution in [2.75, 3.05) is 0 Å². The molecule has 3 heteroatoms. The molecular weight excluding hydrogens is 206 g/mol. The van der Waals surface area contributed by atoms with Gasteiger partial charge in [-0.05, 0) is 20.3 Å². The van der Waals surface area contributed by atoms with Crippen molar-refractivity contribution < 1.29 is 5.21 Å². The van der Waals surface area contributed by atoms with Gasteiger partial charge in [0.2, 0.25) is 0 Å². The van der Waals surface area contributed by atoms with E-state index in [-0.39, 0.29) is 10.8 Å². The molecule has 2 nitrogen and oxygen atoms in total. The van der Waals surface area contributed by atoms with Crippen LogP contribution in [0.15, 0.2) is 0 Å². The summed E-state index contributed by atoms with van der Waals surface area (Å²) in [6.45, 7) is 6.18. The summed E-state index contributed by atoms with van der Waals surface area (Å²) in [6, 6.07) is 0. The number of nitrogens with one attached hydrogen (secondary N) is 1. The number of hydroxylamine groups is 1. The molecule has 0 aromatic carbocycles. The quantitative estimate of drug-likeness (QED) is 0.321. The third-order valence-corrected chi connectivity index (χ3v) is 3.86. The zero-order chi connectivity index (χ0) is 11.7. The Hall–Kier alpha value is 0.270. The maximum atomic E-state index is 8.94. The van der Waals surface area contributed by atoms with Crippen molar-refractivity contribution in [1.29, 1.82) is 0 Å². The van der Waals surface area contributed by atoms with Crippen LogP contribution in [-0.2, 0) is 0 Å². The smallest absolute Gasteiger partial charge is 0.0489 e.